The van der Waals surface area contributed by atoms with Gasteiger partial charge >= 0.3 is 0 Å². The predicted octanol–water partition coefficient (Wildman–Crippen LogP) is 3.95. The third kappa shape index (κ3) is 4.69. The van der Waals surface area contributed by atoms with Crippen LogP contribution in [-0.2, 0) is 0 Å². The first kappa shape index (κ1) is 11.6. The van der Waals surface area contributed by atoms with Gasteiger partial charge in [-0.25, -0.2) is 0 Å². The number of nitrogens with zero attached hydrogens (tertiary/aromatic N) is 1. The van der Waals surface area contributed by atoms with E-state index in [1.165, 1.54) is 51.5 Å². The van der Waals surface area contributed by atoms with Gasteiger partial charge in [0, 0.05) is 12.6 Å². The van der Waals surface area contributed by atoms with Crippen LogP contribution in [-0.4, -0.2) is 17.5 Å². The van der Waals surface area contributed by atoms with E-state index in [1.807, 2.05) is 0 Å². The fourth-order valence-corrected chi connectivity index (χ4v) is 1.87. The second kappa shape index (κ2) is 6.92. The Morgan fingerprint density at radius 1 is 1.14 bits per heavy atom. The molecular weight excluding hydrogens is 170 g/mol. The quantitative estimate of drug-likeness (QED) is 0.530. The third-order valence-electron chi connectivity index (χ3n) is 2.88. The van der Waals surface area contributed by atoms with Crippen molar-refractivity contribution in [2.75, 3.05) is 6.54 Å². The molecule has 1 heteroatoms. The first-order valence-corrected chi connectivity index (χ1v) is 6.27. The molecule has 0 unspecified atom stereocenters. The Labute approximate surface area is 89.2 Å². The van der Waals surface area contributed by atoms with Crippen molar-refractivity contribution in [3.8, 4) is 0 Å². The monoisotopic (exact) mass is 195 g/mol. The summed E-state index contributed by atoms with van der Waals surface area (Å²) in [4.78, 5) is 2.53. The average molecular weight is 195 g/mol. The average Bonchev–Trinajstić information content (AvgIpc) is 2.99. The van der Waals surface area contributed by atoms with Crippen molar-refractivity contribution in [2.45, 2.75) is 64.8 Å². The maximum atomic E-state index is 2.53. The van der Waals surface area contributed by atoms with E-state index in [0.717, 1.165) is 6.04 Å². The Bertz CT molecular complexity index is 159. The number of rotatable bonds is 8. The van der Waals surface area contributed by atoms with Gasteiger partial charge in [-0.15, -0.1) is 0 Å². The number of hydrogen-bond donors (Lipinski definition) is 0. The summed E-state index contributed by atoms with van der Waals surface area (Å²) in [6, 6.07) is 0.886. The van der Waals surface area contributed by atoms with Crippen LogP contribution >= 0.6 is 0 Å². The van der Waals surface area contributed by atoms with E-state index >= 15 is 0 Å². The molecule has 0 bridgehead atoms. The lowest BCUT2D eigenvalue weighted by Crippen LogP contribution is -2.20. The molecule has 14 heavy (non-hydrogen) atoms. The van der Waals surface area contributed by atoms with Crippen molar-refractivity contribution in [3.05, 3.63) is 12.3 Å². The molecule has 82 valence electrons. The molecule has 1 aliphatic carbocycles. The normalized spacial score (nSPS) is 16.4. The largest absolute Gasteiger partial charge is 0.375 e. The molecule has 0 heterocycles. The summed E-state index contributed by atoms with van der Waals surface area (Å²) in [5, 5.41) is 0. The molecule has 0 spiro atoms. The van der Waals surface area contributed by atoms with Gasteiger partial charge in [0.05, 0.1) is 0 Å². The third-order valence-corrected chi connectivity index (χ3v) is 2.88. The molecule has 0 aliphatic heterocycles. The Hall–Kier alpha value is -0.460. The minimum Gasteiger partial charge on any atom is -0.375 e. The second-order valence-electron chi connectivity index (χ2n) is 4.37. The molecule has 1 rings (SSSR count). The van der Waals surface area contributed by atoms with Crippen LogP contribution in [0.5, 0.6) is 0 Å². The van der Waals surface area contributed by atoms with Gasteiger partial charge in [-0.2, -0.15) is 0 Å². The lowest BCUT2D eigenvalue weighted by Gasteiger charge is -2.19. The maximum absolute atomic E-state index is 2.53. The first-order chi connectivity index (χ1) is 6.88. The van der Waals surface area contributed by atoms with E-state index in [-0.39, 0.29) is 0 Å². The zero-order chi connectivity index (χ0) is 10.2. The summed E-state index contributed by atoms with van der Waals surface area (Å²) in [5.74, 6) is 0. The van der Waals surface area contributed by atoms with Crippen LogP contribution in [0.15, 0.2) is 12.3 Å². The number of hydrogen-bond acceptors (Lipinski definition) is 1. The van der Waals surface area contributed by atoms with Crippen molar-refractivity contribution in [2.24, 2.45) is 0 Å². The molecule has 0 amide bonds. The van der Waals surface area contributed by atoms with Gasteiger partial charge in [-0.05, 0) is 32.4 Å². The molecule has 0 radical (unpaired) electrons. The van der Waals surface area contributed by atoms with Crippen molar-refractivity contribution in [1.82, 2.24) is 4.90 Å². The first-order valence-electron chi connectivity index (χ1n) is 6.27. The minimum atomic E-state index is 0.886. The van der Waals surface area contributed by atoms with Crippen molar-refractivity contribution < 1.29 is 0 Å². The Morgan fingerprint density at radius 2 is 1.86 bits per heavy atom. The number of unbranched alkanes of at least 4 members (excludes halogenated alkanes) is 4. The minimum absolute atomic E-state index is 0.886. The lowest BCUT2D eigenvalue weighted by molar-refractivity contribution is 0.352. The Balaban J connectivity index is 2.02. The lowest BCUT2D eigenvalue weighted by atomic mass is 10.1. The summed E-state index contributed by atoms with van der Waals surface area (Å²) in [5.41, 5.74) is 0. The van der Waals surface area contributed by atoms with E-state index in [9.17, 15) is 0 Å². The Morgan fingerprint density at radius 3 is 2.43 bits per heavy atom. The van der Waals surface area contributed by atoms with Gasteiger partial charge in [-0.3, -0.25) is 0 Å². The van der Waals surface area contributed by atoms with Crippen LogP contribution in [0.4, 0.5) is 0 Å². The highest BCUT2D eigenvalue weighted by Gasteiger charge is 2.25. The predicted molar refractivity (Wildman–Crippen MR) is 63.3 cm³/mol. The van der Waals surface area contributed by atoms with Crippen LogP contribution in [0.2, 0.25) is 0 Å². The SMILES string of the molecule is CC=CN(CCCCCCC)C1CC1. The summed E-state index contributed by atoms with van der Waals surface area (Å²) in [6.45, 7) is 5.67. The van der Waals surface area contributed by atoms with Crippen molar-refractivity contribution in [3.63, 3.8) is 0 Å². The molecule has 1 saturated carbocycles. The zero-order valence-corrected chi connectivity index (χ0v) is 9.84. The molecule has 1 aliphatic rings. The van der Waals surface area contributed by atoms with Crippen LogP contribution in [0.25, 0.3) is 0 Å². The molecule has 0 saturated heterocycles. The highest BCUT2D eigenvalue weighted by Crippen LogP contribution is 2.27. The molecular formula is C13H25N. The maximum Gasteiger partial charge on any atom is 0.0285 e. The van der Waals surface area contributed by atoms with Gasteiger partial charge in [0.15, 0.2) is 0 Å². The van der Waals surface area contributed by atoms with Crippen LogP contribution in [0, 0.1) is 0 Å². The van der Waals surface area contributed by atoms with Crippen LogP contribution in [0.1, 0.15) is 58.8 Å². The molecule has 0 aromatic rings. The zero-order valence-electron chi connectivity index (χ0n) is 9.84. The van der Waals surface area contributed by atoms with E-state index in [1.54, 1.807) is 0 Å². The van der Waals surface area contributed by atoms with Crippen molar-refractivity contribution in [1.29, 1.82) is 0 Å². The van der Waals surface area contributed by atoms with Gasteiger partial charge in [0.2, 0.25) is 0 Å². The topological polar surface area (TPSA) is 3.24 Å². The van der Waals surface area contributed by atoms with Crippen LogP contribution in [0.3, 0.4) is 0 Å². The van der Waals surface area contributed by atoms with Gasteiger partial charge in [0.25, 0.3) is 0 Å². The highest BCUT2D eigenvalue weighted by molar-refractivity contribution is 4.91. The molecule has 0 N–H and O–H groups in total. The van der Waals surface area contributed by atoms with E-state index in [2.05, 4.69) is 31.0 Å². The smallest absolute Gasteiger partial charge is 0.0285 e. The van der Waals surface area contributed by atoms with Crippen molar-refractivity contribution >= 4 is 0 Å². The summed E-state index contributed by atoms with van der Waals surface area (Å²) in [7, 11) is 0. The Kier molecular flexibility index (Phi) is 5.74. The molecule has 0 aromatic heterocycles. The fourth-order valence-electron chi connectivity index (χ4n) is 1.87. The molecule has 1 fully saturated rings. The summed E-state index contributed by atoms with van der Waals surface area (Å²) >= 11 is 0. The fraction of sp³-hybridized carbons (Fsp3) is 0.846. The molecule has 0 aromatic carbocycles. The standard InChI is InChI=1S/C13H25N/c1-3-5-6-7-8-12-14(11-4-2)13-9-10-13/h4,11,13H,3,5-10,12H2,1-2H3. The van der Waals surface area contributed by atoms with E-state index < -0.39 is 0 Å². The van der Waals surface area contributed by atoms with Crippen LogP contribution < -0.4 is 0 Å². The van der Waals surface area contributed by atoms with E-state index in [4.69, 9.17) is 0 Å². The highest BCUT2D eigenvalue weighted by atomic mass is 15.2. The second-order valence-corrected chi connectivity index (χ2v) is 4.37. The van der Waals surface area contributed by atoms with E-state index in [0.29, 0.717) is 0 Å². The van der Waals surface area contributed by atoms with Gasteiger partial charge in [-0.1, -0.05) is 38.7 Å². The number of allylic oxidation sites excluding steroid dienone is 1. The molecule has 1 nitrogen and oxygen atoms in total. The van der Waals surface area contributed by atoms with Gasteiger partial charge < -0.3 is 4.90 Å². The van der Waals surface area contributed by atoms with Gasteiger partial charge in [0.1, 0.15) is 0 Å². The molecule has 0 atom stereocenters. The summed E-state index contributed by atoms with van der Waals surface area (Å²) < 4.78 is 0. The summed E-state index contributed by atoms with van der Waals surface area (Å²) in [6.07, 6.45) is 14.2.